The summed E-state index contributed by atoms with van der Waals surface area (Å²) in [6.45, 7) is 3.58. The van der Waals surface area contributed by atoms with Crippen LogP contribution in [0.15, 0.2) is 5.16 Å². The van der Waals surface area contributed by atoms with E-state index in [1.807, 2.05) is 0 Å². The molecule has 4 heteroatoms. The van der Waals surface area contributed by atoms with Crippen LogP contribution in [0.2, 0.25) is 0 Å². The van der Waals surface area contributed by atoms with Crippen molar-refractivity contribution in [3.63, 3.8) is 0 Å². The molecule has 0 saturated heterocycles. The summed E-state index contributed by atoms with van der Waals surface area (Å²) < 4.78 is 4.68. The molecule has 0 heterocycles. The van der Waals surface area contributed by atoms with E-state index in [1.54, 1.807) is 13.8 Å². The molecule has 0 radical (unpaired) electrons. The Bertz CT molecular complexity index is 90.0. The van der Waals surface area contributed by atoms with Gasteiger partial charge in [-0.1, -0.05) is 0 Å². The van der Waals surface area contributed by atoms with E-state index in [1.165, 1.54) is 0 Å². The number of ether oxygens (including phenoxy) is 1. The molecule has 0 spiro atoms. The fourth-order valence-corrected chi connectivity index (χ4v) is 0.265. The van der Waals surface area contributed by atoms with Crippen LogP contribution < -0.4 is 5.73 Å². The lowest BCUT2D eigenvalue weighted by Gasteiger charge is -2.04. The van der Waals surface area contributed by atoms with E-state index in [-0.39, 0.29) is 12.1 Å². The molecule has 3 N–H and O–H groups in total. The van der Waals surface area contributed by atoms with Gasteiger partial charge in [0.15, 0.2) is 0 Å². The molecule has 0 fully saturated rings. The van der Waals surface area contributed by atoms with E-state index < -0.39 is 0 Å². The third kappa shape index (κ3) is 3.27. The Hall–Kier alpha value is -0.930. The molecule has 0 amide bonds. The minimum Gasteiger partial charge on any atom is -0.461 e. The minimum absolute atomic E-state index is 0.0362. The van der Waals surface area contributed by atoms with Gasteiger partial charge in [-0.15, -0.1) is 0 Å². The maximum Gasteiger partial charge on any atom is 0.321 e. The molecule has 0 aliphatic carbocycles. The fourth-order valence-electron chi connectivity index (χ4n) is 0.265. The van der Waals surface area contributed by atoms with Gasteiger partial charge in [0.05, 0.1) is 6.10 Å². The van der Waals surface area contributed by atoms with Gasteiger partial charge in [-0.3, -0.25) is 0 Å². The average Bonchev–Trinajstić information content (AvgIpc) is 1.65. The van der Waals surface area contributed by atoms with Gasteiger partial charge < -0.3 is 15.7 Å². The summed E-state index contributed by atoms with van der Waals surface area (Å²) in [6.07, 6.45) is -0.0362. The predicted octanol–water partition coefficient (Wildman–Crippen LogP) is 0.115. The van der Waals surface area contributed by atoms with Crippen LogP contribution in [-0.4, -0.2) is 17.3 Å². The van der Waals surface area contributed by atoms with Crippen molar-refractivity contribution in [1.82, 2.24) is 0 Å². The Morgan fingerprint density at radius 2 is 2.25 bits per heavy atom. The lowest BCUT2D eigenvalue weighted by molar-refractivity contribution is 0.200. The first kappa shape index (κ1) is 7.07. The third-order valence-electron chi connectivity index (χ3n) is 0.455. The van der Waals surface area contributed by atoms with Crippen LogP contribution >= 0.6 is 0 Å². The number of nitrogens with zero attached hydrogens (tertiary/aromatic N) is 1. The molecule has 0 rings (SSSR count). The zero-order valence-corrected chi connectivity index (χ0v) is 4.96. The van der Waals surface area contributed by atoms with Gasteiger partial charge in [-0.05, 0) is 19.0 Å². The van der Waals surface area contributed by atoms with Gasteiger partial charge in [-0.2, -0.15) is 0 Å². The van der Waals surface area contributed by atoms with Gasteiger partial charge in [0.2, 0.25) is 0 Å². The van der Waals surface area contributed by atoms with Crippen molar-refractivity contribution in [2.45, 2.75) is 20.0 Å². The van der Waals surface area contributed by atoms with Crippen molar-refractivity contribution in [3.05, 3.63) is 0 Å². The number of amidine groups is 1. The van der Waals surface area contributed by atoms with Crippen LogP contribution in [-0.2, 0) is 4.74 Å². The average molecular weight is 118 g/mol. The van der Waals surface area contributed by atoms with Crippen molar-refractivity contribution in [2.24, 2.45) is 10.9 Å². The molecular weight excluding hydrogens is 108 g/mol. The van der Waals surface area contributed by atoms with Gasteiger partial charge in [0.1, 0.15) is 0 Å². The van der Waals surface area contributed by atoms with E-state index in [2.05, 4.69) is 9.89 Å². The zero-order chi connectivity index (χ0) is 6.57. The van der Waals surface area contributed by atoms with Crippen molar-refractivity contribution >= 4 is 6.02 Å². The molecule has 0 bridgehead atoms. The van der Waals surface area contributed by atoms with Gasteiger partial charge >= 0.3 is 6.02 Å². The predicted molar refractivity (Wildman–Crippen MR) is 29.6 cm³/mol. The molecule has 0 aliphatic rings. The maximum absolute atomic E-state index is 7.92. The Balaban J connectivity index is 3.39. The van der Waals surface area contributed by atoms with Crippen LogP contribution in [0.1, 0.15) is 13.8 Å². The standard InChI is InChI=1S/C4H10N2O2/c1-3(2)8-4(5)6-7/h3,7H,1-2H3,(H2,5,6). The van der Waals surface area contributed by atoms with E-state index >= 15 is 0 Å². The van der Waals surface area contributed by atoms with Gasteiger partial charge in [0.25, 0.3) is 0 Å². The molecule has 8 heavy (non-hydrogen) atoms. The Kier molecular flexibility index (Phi) is 2.76. The van der Waals surface area contributed by atoms with E-state index in [9.17, 15) is 0 Å². The normalized spacial score (nSPS) is 12.1. The largest absolute Gasteiger partial charge is 0.461 e. The Morgan fingerprint density at radius 3 is 2.38 bits per heavy atom. The first-order chi connectivity index (χ1) is 3.66. The number of hydrogen-bond acceptors (Lipinski definition) is 3. The lowest BCUT2D eigenvalue weighted by atomic mass is 10.5. The number of oxime groups is 1. The fraction of sp³-hybridized carbons (Fsp3) is 0.750. The van der Waals surface area contributed by atoms with Crippen LogP contribution in [0.4, 0.5) is 0 Å². The second-order valence-corrected chi connectivity index (χ2v) is 1.60. The van der Waals surface area contributed by atoms with Crippen molar-refractivity contribution in [3.8, 4) is 0 Å². The topological polar surface area (TPSA) is 67.8 Å². The molecule has 0 unspecified atom stereocenters. The summed E-state index contributed by atoms with van der Waals surface area (Å²) in [6, 6.07) is -0.194. The molecular formula is C4H10N2O2. The molecule has 0 atom stereocenters. The maximum atomic E-state index is 7.92. The van der Waals surface area contributed by atoms with Crippen LogP contribution in [0.3, 0.4) is 0 Å². The number of nitrogens with two attached hydrogens (primary N) is 1. The molecule has 0 aromatic heterocycles. The monoisotopic (exact) mass is 118 g/mol. The van der Waals surface area contributed by atoms with Crippen molar-refractivity contribution in [2.75, 3.05) is 0 Å². The molecule has 0 saturated carbocycles. The summed E-state index contributed by atoms with van der Waals surface area (Å²) in [5, 5.41) is 10.5. The molecule has 0 aromatic rings. The van der Waals surface area contributed by atoms with Crippen LogP contribution in [0.5, 0.6) is 0 Å². The highest BCUT2D eigenvalue weighted by Gasteiger charge is 1.94. The lowest BCUT2D eigenvalue weighted by Crippen LogP contribution is -2.20. The molecule has 48 valence electrons. The Labute approximate surface area is 47.9 Å². The quantitative estimate of drug-likeness (QED) is 0.222. The summed E-state index contributed by atoms with van der Waals surface area (Å²) in [7, 11) is 0. The van der Waals surface area contributed by atoms with E-state index in [0.29, 0.717) is 0 Å². The van der Waals surface area contributed by atoms with Gasteiger partial charge in [-0.25, -0.2) is 0 Å². The van der Waals surface area contributed by atoms with Crippen LogP contribution in [0.25, 0.3) is 0 Å². The van der Waals surface area contributed by atoms with Crippen LogP contribution in [0, 0.1) is 0 Å². The highest BCUT2D eigenvalue weighted by atomic mass is 16.5. The molecule has 4 nitrogen and oxygen atoms in total. The molecule has 0 aromatic carbocycles. The second kappa shape index (κ2) is 3.12. The van der Waals surface area contributed by atoms with E-state index in [0.717, 1.165) is 0 Å². The highest BCUT2D eigenvalue weighted by Crippen LogP contribution is 1.84. The van der Waals surface area contributed by atoms with Crippen molar-refractivity contribution in [1.29, 1.82) is 0 Å². The molecule has 0 aliphatic heterocycles. The van der Waals surface area contributed by atoms with Gasteiger partial charge in [0, 0.05) is 0 Å². The smallest absolute Gasteiger partial charge is 0.321 e. The summed E-state index contributed by atoms with van der Waals surface area (Å²) >= 11 is 0. The third-order valence-corrected chi connectivity index (χ3v) is 0.455. The van der Waals surface area contributed by atoms with Crippen molar-refractivity contribution < 1.29 is 9.94 Å². The number of hydrogen-bond donors (Lipinski definition) is 2. The minimum atomic E-state index is -0.194. The summed E-state index contributed by atoms with van der Waals surface area (Å²) in [4.78, 5) is 0. The SMILES string of the molecule is CC(C)OC(N)=NO. The second-order valence-electron chi connectivity index (χ2n) is 1.60. The summed E-state index contributed by atoms with van der Waals surface area (Å²) in [5.41, 5.74) is 4.95. The first-order valence-electron chi connectivity index (χ1n) is 2.31. The summed E-state index contributed by atoms with van der Waals surface area (Å²) in [5.74, 6) is 0. The Morgan fingerprint density at radius 1 is 1.75 bits per heavy atom. The highest BCUT2D eigenvalue weighted by molar-refractivity contribution is 5.70. The number of rotatable bonds is 1. The first-order valence-corrected chi connectivity index (χ1v) is 2.31. The zero-order valence-electron chi connectivity index (χ0n) is 4.96. The van der Waals surface area contributed by atoms with E-state index in [4.69, 9.17) is 10.9 Å².